The molecule has 0 aromatic heterocycles. The second kappa shape index (κ2) is 7.82. The molecule has 1 heterocycles. The molecule has 2 aromatic rings. The molecule has 140 valence electrons. The highest BCUT2D eigenvalue weighted by Gasteiger charge is 2.41. The van der Waals surface area contributed by atoms with Crippen LogP contribution in [-0.4, -0.2) is 49.1 Å². The minimum atomic E-state index is -0.455. The predicted molar refractivity (Wildman–Crippen MR) is 104 cm³/mol. The lowest BCUT2D eigenvalue weighted by molar-refractivity contribution is -0.120. The minimum Gasteiger partial charge on any atom is -0.497 e. The van der Waals surface area contributed by atoms with Gasteiger partial charge in [-0.1, -0.05) is 29.8 Å². The molecule has 0 radical (unpaired) electrons. The van der Waals surface area contributed by atoms with E-state index in [2.05, 4.69) is 0 Å². The van der Waals surface area contributed by atoms with Crippen LogP contribution < -0.4 is 9.64 Å². The Morgan fingerprint density at radius 1 is 1.11 bits per heavy atom. The third-order valence-corrected chi connectivity index (χ3v) is 4.56. The largest absolute Gasteiger partial charge is 0.497 e. The van der Waals surface area contributed by atoms with Crippen molar-refractivity contribution in [1.29, 1.82) is 0 Å². The van der Waals surface area contributed by atoms with Crippen LogP contribution in [0.4, 0.5) is 5.69 Å². The lowest BCUT2D eigenvalue weighted by Crippen LogP contribution is -2.34. The molecule has 1 aliphatic heterocycles. The summed E-state index contributed by atoms with van der Waals surface area (Å²) in [5.41, 5.74) is 1.51. The van der Waals surface area contributed by atoms with Gasteiger partial charge >= 0.3 is 0 Å². The van der Waals surface area contributed by atoms with Crippen molar-refractivity contribution in [3.8, 4) is 5.75 Å². The van der Waals surface area contributed by atoms with Gasteiger partial charge in [0.25, 0.3) is 11.8 Å². The van der Waals surface area contributed by atoms with Crippen LogP contribution in [0, 0.1) is 0 Å². The van der Waals surface area contributed by atoms with E-state index in [0.29, 0.717) is 22.0 Å². The van der Waals surface area contributed by atoms with Crippen molar-refractivity contribution < 1.29 is 19.4 Å². The van der Waals surface area contributed by atoms with Crippen molar-refractivity contribution in [3.63, 3.8) is 0 Å². The minimum absolute atomic E-state index is 0.144. The highest BCUT2D eigenvalue weighted by atomic mass is 35.5. The fourth-order valence-corrected chi connectivity index (χ4v) is 3.19. The van der Waals surface area contributed by atoms with E-state index < -0.39 is 11.8 Å². The smallest absolute Gasteiger partial charge is 0.282 e. The monoisotopic (exact) mass is 386 g/mol. The molecule has 3 rings (SSSR count). The number of amides is 2. The Kier molecular flexibility index (Phi) is 5.48. The summed E-state index contributed by atoms with van der Waals surface area (Å²) in [5, 5.41) is 9.71. The number of benzene rings is 2. The van der Waals surface area contributed by atoms with E-state index in [1.54, 1.807) is 67.6 Å². The second-order valence-corrected chi connectivity index (χ2v) is 6.46. The average Bonchev–Trinajstić information content (AvgIpc) is 2.92. The van der Waals surface area contributed by atoms with E-state index >= 15 is 0 Å². The van der Waals surface area contributed by atoms with Crippen LogP contribution in [0.25, 0.3) is 5.57 Å². The third kappa shape index (κ3) is 3.54. The van der Waals surface area contributed by atoms with Crippen LogP contribution in [0.1, 0.15) is 5.56 Å². The number of likely N-dealkylation sites (N-methyl/N-ethyl adjacent to an activating group) is 1. The zero-order chi connectivity index (χ0) is 19.6. The van der Waals surface area contributed by atoms with Crippen molar-refractivity contribution in [1.82, 2.24) is 4.90 Å². The second-order valence-electron chi connectivity index (χ2n) is 6.02. The summed E-state index contributed by atoms with van der Waals surface area (Å²) in [5.74, 6) is -0.246. The van der Waals surface area contributed by atoms with Crippen molar-refractivity contribution in [2.24, 2.45) is 0 Å². The Morgan fingerprint density at radius 3 is 2.41 bits per heavy atom. The number of hydrogen-bond donors (Lipinski definition) is 1. The summed E-state index contributed by atoms with van der Waals surface area (Å²) in [6, 6.07) is 13.5. The van der Waals surface area contributed by atoms with Gasteiger partial charge < -0.3 is 14.7 Å². The SMILES string of the molecule is COc1ccc(C2=C(N(C)CCO)C(=O)N(c3cccc(Cl)c3)C2=O)cc1. The summed E-state index contributed by atoms with van der Waals surface area (Å²) in [4.78, 5) is 29.0. The Bertz CT molecular complexity index is 908. The van der Waals surface area contributed by atoms with Crippen LogP contribution >= 0.6 is 11.6 Å². The quantitative estimate of drug-likeness (QED) is 0.773. The summed E-state index contributed by atoms with van der Waals surface area (Å²) in [7, 11) is 3.22. The number of anilines is 1. The molecule has 0 atom stereocenters. The molecular weight excluding hydrogens is 368 g/mol. The zero-order valence-electron chi connectivity index (χ0n) is 15.0. The Hall–Kier alpha value is -2.83. The van der Waals surface area contributed by atoms with Gasteiger partial charge in [0, 0.05) is 18.6 Å². The van der Waals surface area contributed by atoms with Crippen LogP contribution in [0.15, 0.2) is 54.2 Å². The molecule has 0 saturated heterocycles. The standard InChI is InChI=1S/C20H19ClN2O4/c1-22(10-11-24)18-17(13-6-8-16(27-2)9-7-13)19(25)23(20(18)26)15-5-3-4-14(21)12-15/h3-9,12,24H,10-11H2,1-2H3. The molecule has 0 fully saturated rings. The first-order chi connectivity index (χ1) is 13.0. The molecule has 0 saturated carbocycles. The van der Waals surface area contributed by atoms with Gasteiger partial charge in [0.15, 0.2) is 0 Å². The van der Waals surface area contributed by atoms with Gasteiger partial charge in [-0.05, 0) is 35.9 Å². The lowest BCUT2D eigenvalue weighted by atomic mass is 10.0. The summed E-state index contributed by atoms with van der Waals surface area (Å²) in [6.07, 6.45) is 0. The predicted octanol–water partition coefficient (Wildman–Crippen LogP) is 2.56. The fourth-order valence-electron chi connectivity index (χ4n) is 3.00. The molecule has 1 aliphatic rings. The van der Waals surface area contributed by atoms with Crippen LogP contribution in [0.2, 0.25) is 5.02 Å². The number of aliphatic hydroxyl groups excluding tert-OH is 1. The van der Waals surface area contributed by atoms with Crippen LogP contribution in [-0.2, 0) is 9.59 Å². The number of methoxy groups -OCH3 is 1. The number of carbonyl (C=O) groups is 2. The molecule has 0 bridgehead atoms. The first-order valence-corrected chi connectivity index (χ1v) is 8.70. The Labute approximate surface area is 162 Å². The van der Waals surface area contributed by atoms with E-state index in [1.165, 1.54) is 0 Å². The van der Waals surface area contributed by atoms with Gasteiger partial charge in [0.2, 0.25) is 0 Å². The topological polar surface area (TPSA) is 70.1 Å². The van der Waals surface area contributed by atoms with E-state index in [0.717, 1.165) is 4.90 Å². The average molecular weight is 387 g/mol. The number of rotatable bonds is 6. The van der Waals surface area contributed by atoms with Crippen LogP contribution in [0.5, 0.6) is 5.75 Å². The first kappa shape index (κ1) is 18.9. The van der Waals surface area contributed by atoms with Crippen molar-refractivity contribution in [2.45, 2.75) is 0 Å². The number of ether oxygens (including phenoxy) is 1. The summed E-state index contributed by atoms with van der Waals surface area (Å²) < 4.78 is 5.16. The van der Waals surface area contributed by atoms with Crippen LogP contribution in [0.3, 0.4) is 0 Å². The molecule has 0 spiro atoms. The molecule has 2 amide bonds. The molecule has 27 heavy (non-hydrogen) atoms. The Morgan fingerprint density at radius 2 is 1.81 bits per heavy atom. The van der Waals surface area contributed by atoms with Gasteiger partial charge in [-0.3, -0.25) is 9.59 Å². The normalized spacial score (nSPS) is 14.1. The zero-order valence-corrected chi connectivity index (χ0v) is 15.7. The Balaban J connectivity index is 2.11. The molecule has 6 nitrogen and oxygen atoms in total. The van der Waals surface area contributed by atoms with Crippen molar-refractivity contribution >= 4 is 34.7 Å². The number of imide groups is 1. The lowest BCUT2D eigenvalue weighted by Gasteiger charge is -2.20. The van der Waals surface area contributed by atoms with Gasteiger partial charge in [-0.2, -0.15) is 0 Å². The number of halogens is 1. The number of aliphatic hydroxyl groups is 1. The highest BCUT2D eigenvalue weighted by Crippen LogP contribution is 2.35. The summed E-state index contributed by atoms with van der Waals surface area (Å²) in [6.45, 7) is 0.0753. The molecule has 2 aromatic carbocycles. The van der Waals surface area contributed by atoms with E-state index in [-0.39, 0.29) is 24.4 Å². The third-order valence-electron chi connectivity index (χ3n) is 4.32. The number of carbonyl (C=O) groups excluding carboxylic acids is 2. The molecule has 0 unspecified atom stereocenters. The molecule has 0 aliphatic carbocycles. The first-order valence-electron chi connectivity index (χ1n) is 8.33. The maximum atomic E-state index is 13.2. The van der Waals surface area contributed by atoms with Gasteiger partial charge in [-0.25, -0.2) is 4.90 Å². The fraction of sp³-hybridized carbons (Fsp3) is 0.200. The number of nitrogens with zero attached hydrogens (tertiary/aromatic N) is 2. The number of hydrogen-bond acceptors (Lipinski definition) is 5. The van der Waals surface area contributed by atoms with E-state index in [4.69, 9.17) is 16.3 Å². The van der Waals surface area contributed by atoms with Gasteiger partial charge in [0.1, 0.15) is 11.4 Å². The van der Waals surface area contributed by atoms with Crippen molar-refractivity contribution in [2.75, 3.05) is 32.2 Å². The molecular formula is C20H19ClN2O4. The maximum absolute atomic E-state index is 13.2. The van der Waals surface area contributed by atoms with Gasteiger partial charge in [0.05, 0.1) is 25.0 Å². The van der Waals surface area contributed by atoms with Gasteiger partial charge in [-0.15, -0.1) is 0 Å². The highest BCUT2D eigenvalue weighted by molar-refractivity contribution is 6.45. The maximum Gasteiger partial charge on any atom is 0.282 e. The van der Waals surface area contributed by atoms with Crippen molar-refractivity contribution in [3.05, 3.63) is 64.8 Å². The van der Waals surface area contributed by atoms with E-state index in [1.807, 2.05) is 0 Å². The molecule has 7 heteroatoms. The van der Waals surface area contributed by atoms with E-state index in [9.17, 15) is 14.7 Å². The summed E-state index contributed by atoms with van der Waals surface area (Å²) >= 11 is 6.03. The molecule has 1 N–H and O–H groups in total.